The zero-order chi connectivity index (χ0) is 13.1. The average molecular weight is 251 g/mol. The van der Waals surface area contributed by atoms with Crippen molar-refractivity contribution in [2.45, 2.75) is 31.7 Å². The normalized spacial score (nSPS) is 22.0. The van der Waals surface area contributed by atoms with Gasteiger partial charge in [-0.2, -0.15) is 0 Å². The Kier molecular flexibility index (Phi) is 3.97. The van der Waals surface area contributed by atoms with Crippen LogP contribution in [0.1, 0.15) is 31.2 Å². The number of aliphatic carboxylic acids is 1. The van der Waals surface area contributed by atoms with Gasteiger partial charge in [-0.25, -0.2) is 4.39 Å². The SMILES string of the molecule is CC(CN1CCCC1C(=O)O)c1ccc(F)cc1. The Labute approximate surface area is 106 Å². The Morgan fingerprint density at radius 3 is 2.78 bits per heavy atom. The Balaban J connectivity index is 2.00. The molecule has 1 fully saturated rings. The molecule has 0 saturated carbocycles. The molecule has 0 aromatic heterocycles. The Bertz CT molecular complexity index is 418. The second-order valence-corrected chi connectivity index (χ2v) is 4.94. The summed E-state index contributed by atoms with van der Waals surface area (Å²) in [5, 5.41) is 9.11. The molecule has 1 heterocycles. The number of hydrogen-bond donors (Lipinski definition) is 1. The highest BCUT2D eigenvalue weighted by molar-refractivity contribution is 5.73. The zero-order valence-electron chi connectivity index (χ0n) is 10.5. The third-order valence-corrected chi connectivity index (χ3v) is 3.60. The summed E-state index contributed by atoms with van der Waals surface area (Å²) in [4.78, 5) is 13.1. The maximum atomic E-state index is 12.8. The fraction of sp³-hybridized carbons (Fsp3) is 0.500. The van der Waals surface area contributed by atoms with Gasteiger partial charge in [-0.1, -0.05) is 19.1 Å². The molecule has 2 rings (SSSR count). The van der Waals surface area contributed by atoms with E-state index in [1.165, 1.54) is 12.1 Å². The minimum Gasteiger partial charge on any atom is -0.480 e. The standard InChI is InChI=1S/C14H18FNO2/c1-10(11-4-6-12(15)7-5-11)9-16-8-2-3-13(16)14(17)18/h4-7,10,13H,2-3,8-9H2,1H3,(H,17,18). The molecular formula is C14H18FNO2. The fourth-order valence-corrected chi connectivity index (χ4v) is 2.57. The van der Waals surface area contributed by atoms with Crippen molar-refractivity contribution in [3.8, 4) is 0 Å². The predicted octanol–water partition coefficient (Wildman–Crippen LogP) is 2.48. The minimum atomic E-state index is -0.737. The summed E-state index contributed by atoms with van der Waals surface area (Å²) in [5.41, 5.74) is 1.05. The number of nitrogens with zero attached hydrogens (tertiary/aromatic N) is 1. The van der Waals surface area contributed by atoms with Crippen LogP contribution >= 0.6 is 0 Å². The van der Waals surface area contributed by atoms with E-state index in [-0.39, 0.29) is 17.8 Å². The number of benzene rings is 1. The van der Waals surface area contributed by atoms with Crippen LogP contribution in [0.2, 0.25) is 0 Å². The molecule has 2 unspecified atom stereocenters. The molecule has 1 aliphatic heterocycles. The fourth-order valence-electron chi connectivity index (χ4n) is 2.57. The monoisotopic (exact) mass is 251 g/mol. The molecule has 1 N–H and O–H groups in total. The second-order valence-electron chi connectivity index (χ2n) is 4.94. The average Bonchev–Trinajstić information content (AvgIpc) is 2.78. The van der Waals surface area contributed by atoms with Crippen LogP contribution in [0.15, 0.2) is 24.3 Å². The van der Waals surface area contributed by atoms with Gasteiger partial charge in [-0.05, 0) is 43.0 Å². The summed E-state index contributed by atoms with van der Waals surface area (Å²) < 4.78 is 12.8. The Morgan fingerprint density at radius 2 is 2.17 bits per heavy atom. The first-order valence-corrected chi connectivity index (χ1v) is 6.30. The first-order chi connectivity index (χ1) is 8.58. The number of carbonyl (C=O) groups is 1. The molecule has 0 bridgehead atoms. The van der Waals surface area contributed by atoms with E-state index in [1.807, 2.05) is 11.8 Å². The first-order valence-electron chi connectivity index (χ1n) is 6.30. The third kappa shape index (κ3) is 2.88. The quantitative estimate of drug-likeness (QED) is 0.893. The third-order valence-electron chi connectivity index (χ3n) is 3.60. The molecule has 2 atom stereocenters. The molecular weight excluding hydrogens is 233 g/mol. The summed E-state index contributed by atoms with van der Waals surface area (Å²) in [6.07, 6.45) is 1.67. The van der Waals surface area contributed by atoms with Gasteiger partial charge in [-0.3, -0.25) is 9.69 Å². The van der Waals surface area contributed by atoms with Crippen LogP contribution in [-0.4, -0.2) is 35.1 Å². The minimum absolute atomic E-state index is 0.213. The van der Waals surface area contributed by atoms with Crippen LogP contribution in [0.25, 0.3) is 0 Å². The van der Waals surface area contributed by atoms with Gasteiger partial charge in [0.05, 0.1) is 0 Å². The van der Waals surface area contributed by atoms with Crippen LogP contribution in [-0.2, 0) is 4.79 Å². The van der Waals surface area contributed by atoms with Gasteiger partial charge >= 0.3 is 5.97 Å². The number of rotatable bonds is 4. The molecule has 0 aliphatic carbocycles. The van der Waals surface area contributed by atoms with E-state index in [4.69, 9.17) is 5.11 Å². The van der Waals surface area contributed by atoms with Crippen LogP contribution in [0.5, 0.6) is 0 Å². The van der Waals surface area contributed by atoms with Gasteiger partial charge in [-0.15, -0.1) is 0 Å². The van der Waals surface area contributed by atoms with Gasteiger partial charge in [0.2, 0.25) is 0 Å². The smallest absolute Gasteiger partial charge is 0.320 e. The molecule has 0 spiro atoms. The molecule has 3 nitrogen and oxygen atoms in total. The summed E-state index contributed by atoms with van der Waals surface area (Å²) in [6, 6.07) is 6.08. The molecule has 0 amide bonds. The van der Waals surface area contributed by atoms with Crippen molar-refractivity contribution in [1.29, 1.82) is 0 Å². The summed E-state index contributed by atoms with van der Waals surface area (Å²) in [5.74, 6) is -0.764. The lowest BCUT2D eigenvalue weighted by Gasteiger charge is -2.24. The zero-order valence-corrected chi connectivity index (χ0v) is 10.5. The van der Waals surface area contributed by atoms with Crippen molar-refractivity contribution in [3.63, 3.8) is 0 Å². The topological polar surface area (TPSA) is 40.5 Å². The lowest BCUT2D eigenvalue weighted by molar-refractivity contribution is -0.142. The molecule has 1 aromatic carbocycles. The largest absolute Gasteiger partial charge is 0.480 e. The van der Waals surface area contributed by atoms with E-state index in [1.54, 1.807) is 12.1 Å². The molecule has 0 radical (unpaired) electrons. The van der Waals surface area contributed by atoms with Gasteiger partial charge in [0, 0.05) is 6.54 Å². The van der Waals surface area contributed by atoms with Gasteiger partial charge in [0.1, 0.15) is 11.9 Å². The van der Waals surface area contributed by atoms with E-state index in [2.05, 4.69) is 0 Å². The van der Waals surface area contributed by atoms with Crippen molar-refractivity contribution in [1.82, 2.24) is 4.90 Å². The van der Waals surface area contributed by atoms with E-state index in [0.717, 1.165) is 24.9 Å². The first kappa shape index (κ1) is 13.0. The van der Waals surface area contributed by atoms with Crippen LogP contribution in [0.4, 0.5) is 4.39 Å². The van der Waals surface area contributed by atoms with Crippen LogP contribution < -0.4 is 0 Å². The predicted molar refractivity (Wildman–Crippen MR) is 67.0 cm³/mol. The summed E-state index contributed by atoms with van der Waals surface area (Å²) >= 11 is 0. The molecule has 98 valence electrons. The number of carboxylic acids is 1. The second kappa shape index (κ2) is 5.48. The van der Waals surface area contributed by atoms with Crippen molar-refractivity contribution < 1.29 is 14.3 Å². The summed E-state index contributed by atoms with van der Waals surface area (Å²) in [6.45, 7) is 3.59. The number of likely N-dealkylation sites (tertiary alicyclic amines) is 1. The Hall–Kier alpha value is -1.42. The summed E-state index contributed by atoms with van der Waals surface area (Å²) in [7, 11) is 0. The molecule has 1 saturated heterocycles. The Morgan fingerprint density at radius 1 is 1.50 bits per heavy atom. The van der Waals surface area contributed by atoms with Crippen molar-refractivity contribution in [3.05, 3.63) is 35.6 Å². The van der Waals surface area contributed by atoms with E-state index >= 15 is 0 Å². The highest BCUT2D eigenvalue weighted by Gasteiger charge is 2.31. The highest BCUT2D eigenvalue weighted by atomic mass is 19.1. The maximum Gasteiger partial charge on any atom is 0.320 e. The lowest BCUT2D eigenvalue weighted by Crippen LogP contribution is -2.38. The molecule has 1 aliphatic rings. The number of halogens is 1. The lowest BCUT2D eigenvalue weighted by atomic mass is 10.0. The van der Waals surface area contributed by atoms with E-state index in [9.17, 15) is 9.18 Å². The maximum absolute atomic E-state index is 12.8. The van der Waals surface area contributed by atoms with E-state index in [0.29, 0.717) is 6.54 Å². The molecule has 1 aromatic rings. The van der Waals surface area contributed by atoms with Gasteiger partial charge in [0.25, 0.3) is 0 Å². The van der Waals surface area contributed by atoms with Crippen molar-refractivity contribution >= 4 is 5.97 Å². The number of carboxylic acid groups (broad SMARTS) is 1. The van der Waals surface area contributed by atoms with E-state index < -0.39 is 5.97 Å². The van der Waals surface area contributed by atoms with Crippen molar-refractivity contribution in [2.24, 2.45) is 0 Å². The van der Waals surface area contributed by atoms with Crippen LogP contribution in [0, 0.1) is 5.82 Å². The van der Waals surface area contributed by atoms with Gasteiger partial charge < -0.3 is 5.11 Å². The molecule has 4 heteroatoms. The highest BCUT2D eigenvalue weighted by Crippen LogP contribution is 2.23. The van der Waals surface area contributed by atoms with Crippen LogP contribution in [0.3, 0.4) is 0 Å². The molecule has 18 heavy (non-hydrogen) atoms. The number of hydrogen-bond acceptors (Lipinski definition) is 2. The van der Waals surface area contributed by atoms with Crippen molar-refractivity contribution in [2.75, 3.05) is 13.1 Å². The van der Waals surface area contributed by atoms with Gasteiger partial charge in [0.15, 0.2) is 0 Å².